The second-order valence-electron chi connectivity index (χ2n) is 8.15. The molecule has 1 amide bonds. The quantitative estimate of drug-likeness (QED) is 0.588. The molecule has 3 aromatic rings. The van der Waals surface area contributed by atoms with Gasteiger partial charge in [0.15, 0.2) is 23.1 Å². The van der Waals surface area contributed by atoms with E-state index >= 15 is 0 Å². The molecule has 2 aliphatic heterocycles. The molecule has 2 aromatic heterocycles. The van der Waals surface area contributed by atoms with Crippen molar-refractivity contribution in [2.75, 3.05) is 50.7 Å². The van der Waals surface area contributed by atoms with Crippen molar-refractivity contribution in [1.82, 2.24) is 30.3 Å². The van der Waals surface area contributed by atoms with Crippen LogP contribution in [0.2, 0.25) is 0 Å². The van der Waals surface area contributed by atoms with Crippen LogP contribution >= 0.6 is 0 Å². The van der Waals surface area contributed by atoms with Gasteiger partial charge in [0.2, 0.25) is 0 Å². The van der Waals surface area contributed by atoms with Crippen LogP contribution in [0.3, 0.4) is 0 Å². The molecule has 32 heavy (non-hydrogen) atoms. The highest BCUT2D eigenvalue weighted by molar-refractivity contribution is 5.98. The lowest BCUT2D eigenvalue weighted by molar-refractivity contribution is -0.127. The molecule has 166 valence electrons. The number of carbonyl (C=O) groups excluding carboxylic acids is 1. The van der Waals surface area contributed by atoms with Crippen LogP contribution in [0.5, 0.6) is 5.75 Å². The van der Waals surface area contributed by atoms with Crippen molar-refractivity contribution in [2.45, 2.75) is 0 Å². The Bertz CT molecular complexity index is 1170. The summed E-state index contributed by atoms with van der Waals surface area (Å²) in [6.07, 6.45) is 1.63. The summed E-state index contributed by atoms with van der Waals surface area (Å²) in [5.41, 5.74) is 2.36. The molecule has 4 heterocycles. The fraction of sp³-hybridized carbons (Fsp3) is 0.381. The number of amides is 1. The zero-order valence-corrected chi connectivity index (χ0v) is 18.1. The third-order valence-corrected chi connectivity index (χ3v) is 5.75. The molecule has 5 rings (SSSR count). The van der Waals surface area contributed by atoms with Gasteiger partial charge in [0, 0.05) is 33.3 Å². The molecule has 0 aliphatic carbocycles. The lowest BCUT2D eigenvalue weighted by Gasteiger charge is -2.55. The SMILES string of the molecule is CNC(=O)c1nnc(N2CC3(COC3)C2)cc1Nc1cccc(-c2ncn(C)n2)c1OC. The fourth-order valence-electron chi connectivity index (χ4n) is 4.06. The Morgan fingerprint density at radius 2 is 2.03 bits per heavy atom. The molecule has 2 saturated heterocycles. The summed E-state index contributed by atoms with van der Waals surface area (Å²) in [7, 11) is 4.95. The first-order valence-corrected chi connectivity index (χ1v) is 10.2. The van der Waals surface area contributed by atoms with Crippen molar-refractivity contribution >= 4 is 23.1 Å². The van der Waals surface area contributed by atoms with E-state index in [-0.39, 0.29) is 17.0 Å². The van der Waals surface area contributed by atoms with E-state index in [2.05, 4.69) is 35.8 Å². The molecular weight excluding hydrogens is 412 g/mol. The summed E-state index contributed by atoms with van der Waals surface area (Å²) < 4.78 is 12.7. The Balaban J connectivity index is 1.49. The first kappa shape index (κ1) is 20.2. The smallest absolute Gasteiger partial charge is 0.273 e. The van der Waals surface area contributed by atoms with E-state index in [1.807, 2.05) is 24.3 Å². The summed E-state index contributed by atoms with van der Waals surface area (Å²) in [4.78, 5) is 18.9. The van der Waals surface area contributed by atoms with Crippen LogP contribution in [0.4, 0.5) is 17.2 Å². The van der Waals surface area contributed by atoms with Crippen LogP contribution < -0.4 is 20.3 Å². The van der Waals surface area contributed by atoms with Crippen molar-refractivity contribution in [1.29, 1.82) is 0 Å². The molecule has 1 spiro atoms. The molecule has 0 radical (unpaired) electrons. The Hall–Kier alpha value is -3.73. The number of ether oxygens (including phenoxy) is 2. The number of para-hydroxylation sites is 1. The number of hydrogen-bond acceptors (Lipinski definition) is 9. The van der Waals surface area contributed by atoms with Crippen molar-refractivity contribution in [3.63, 3.8) is 0 Å². The van der Waals surface area contributed by atoms with E-state index in [4.69, 9.17) is 9.47 Å². The second kappa shape index (κ2) is 7.75. The zero-order valence-electron chi connectivity index (χ0n) is 18.1. The van der Waals surface area contributed by atoms with Crippen molar-refractivity contribution in [2.24, 2.45) is 12.5 Å². The maximum absolute atomic E-state index is 12.5. The molecule has 2 aliphatic rings. The van der Waals surface area contributed by atoms with Crippen molar-refractivity contribution in [3.05, 3.63) is 36.3 Å². The van der Waals surface area contributed by atoms with E-state index < -0.39 is 0 Å². The Labute approximate surface area is 184 Å². The minimum Gasteiger partial charge on any atom is -0.494 e. The fourth-order valence-corrected chi connectivity index (χ4v) is 4.06. The number of benzene rings is 1. The number of anilines is 3. The second-order valence-corrected chi connectivity index (χ2v) is 8.15. The highest BCUT2D eigenvalue weighted by Crippen LogP contribution is 2.41. The maximum atomic E-state index is 12.5. The van der Waals surface area contributed by atoms with Gasteiger partial charge in [0.1, 0.15) is 6.33 Å². The van der Waals surface area contributed by atoms with Crippen LogP contribution in [-0.4, -0.2) is 71.3 Å². The van der Waals surface area contributed by atoms with Crippen LogP contribution in [0, 0.1) is 5.41 Å². The zero-order chi connectivity index (χ0) is 22.3. The lowest BCUT2D eigenvalue weighted by Crippen LogP contribution is -2.66. The van der Waals surface area contributed by atoms with E-state index in [0.717, 1.165) is 31.9 Å². The Kier molecular flexibility index (Phi) is 4.89. The van der Waals surface area contributed by atoms with Crippen molar-refractivity contribution in [3.8, 4) is 17.1 Å². The first-order valence-electron chi connectivity index (χ1n) is 10.2. The van der Waals surface area contributed by atoms with Gasteiger partial charge < -0.3 is 25.0 Å². The minimum atomic E-state index is -0.333. The molecule has 2 fully saturated rings. The molecule has 0 saturated carbocycles. The highest BCUT2D eigenvalue weighted by atomic mass is 16.5. The number of methoxy groups -OCH3 is 1. The van der Waals surface area contributed by atoms with E-state index in [1.165, 1.54) is 0 Å². The summed E-state index contributed by atoms with van der Waals surface area (Å²) in [5, 5.41) is 18.8. The van der Waals surface area contributed by atoms with Gasteiger partial charge in [-0.2, -0.15) is 5.10 Å². The monoisotopic (exact) mass is 436 g/mol. The van der Waals surface area contributed by atoms with Crippen LogP contribution in [0.15, 0.2) is 30.6 Å². The average molecular weight is 436 g/mol. The van der Waals surface area contributed by atoms with Gasteiger partial charge >= 0.3 is 0 Å². The third kappa shape index (κ3) is 3.40. The Morgan fingerprint density at radius 1 is 1.22 bits per heavy atom. The topological polar surface area (TPSA) is 119 Å². The number of aryl methyl sites for hydroxylation is 1. The van der Waals surface area contributed by atoms with Gasteiger partial charge in [-0.15, -0.1) is 10.2 Å². The third-order valence-electron chi connectivity index (χ3n) is 5.75. The Morgan fingerprint density at radius 3 is 2.66 bits per heavy atom. The number of nitrogens with zero attached hydrogens (tertiary/aromatic N) is 6. The predicted molar refractivity (Wildman–Crippen MR) is 117 cm³/mol. The van der Waals surface area contributed by atoms with Crippen LogP contribution in [0.1, 0.15) is 10.5 Å². The first-order chi connectivity index (χ1) is 15.5. The van der Waals surface area contributed by atoms with Crippen LogP contribution in [-0.2, 0) is 11.8 Å². The van der Waals surface area contributed by atoms with Gasteiger partial charge in [-0.1, -0.05) is 6.07 Å². The molecule has 11 nitrogen and oxygen atoms in total. The van der Waals surface area contributed by atoms with E-state index in [9.17, 15) is 4.79 Å². The van der Waals surface area contributed by atoms with E-state index in [1.54, 1.807) is 32.2 Å². The number of carbonyl (C=O) groups is 1. The summed E-state index contributed by atoms with van der Waals surface area (Å²) >= 11 is 0. The van der Waals surface area contributed by atoms with Gasteiger partial charge in [-0.3, -0.25) is 9.48 Å². The standard InChI is InChI=1S/C21H24N8O3/c1-22-20(30)17-15(7-16(25-26-17)29-8-21(9-29)10-32-11-21)24-14-6-4-5-13(18(14)31-3)19-23-12-28(2)27-19/h4-7,12H,8-11H2,1-3H3,(H,22,30)(H,24,25). The van der Waals surface area contributed by atoms with E-state index in [0.29, 0.717) is 28.8 Å². The number of nitrogens with one attached hydrogen (secondary N) is 2. The molecule has 0 unspecified atom stereocenters. The number of rotatable bonds is 6. The largest absolute Gasteiger partial charge is 0.494 e. The van der Waals surface area contributed by atoms with Gasteiger partial charge in [-0.25, -0.2) is 4.98 Å². The number of hydrogen-bond donors (Lipinski definition) is 2. The van der Waals surface area contributed by atoms with Crippen LogP contribution in [0.25, 0.3) is 11.4 Å². The molecule has 11 heteroatoms. The normalized spacial score (nSPS) is 16.3. The van der Waals surface area contributed by atoms with Gasteiger partial charge in [-0.05, 0) is 12.1 Å². The maximum Gasteiger partial charge on any atom is 0.273 e. The molecule has 0 atom stereocenters. The average Bonchev–Trinajstić information content (AvgIpc) is 3.17. The summed E-state index contributed by atoms with van der Waals surface area (Å²) in [6, 6.07) is 7.47. The summed E-state index contributed by atoms with van der Waals surface area (Å²) in [5.74, 6) is 1.48. The van der Waals surface area contributed by atoms with Gasteiger partial charge in [0.05, 0.1) is 42.7 Å². The minimum absolute atomic E-state index is 0.196. The molecular formula is C21H24N8O3. The highest BCUT2D eigenvalue weighted by Gasteiger charge is 2.49. The molecule has 1 aromatic carbocycles. The van der Waals surface area contributed by atoms with Gasteiger partial charge in [0.25, 0.3) is 5.91 Å². The molecule has 2 N–H and O–H groups in total. The summed E-state index contributed by atoms with van der Waals surface area (Å²) in [6.45, 7) is 3.29. The lowest BCUT2D eigenvalue weighted by atomic mass is 9.78. The molecule has 0 bridgehead atoms. The predicted octanol–water partition coefficient (Wildman–Crippen LogP) is 1.22. The van der Waals surface area contributed by atoms with Crippen molar-refractivity contribution < 1.29 is 14.3 Å². The number of aromatic nitrogens is 5.